The molecule has 0 spiro atoms. The van der Waals surface area contributed by atoms with Crippen LogP contribution in [0, 0.1) is 0 Å². The summed E-state index contributed by atoms with van der Waals surface area (Å²) >= 11 is 11.7. The Kier molecular flexibility index (Phi) is 3.36. The average molecular weight is 266 g/mol. The molecule has 0 radical (unpaired) electrons. The minimum atomic E-state index is -1.19. The lowest BCUT2D eigenvalue weighted by molar-refractivity contribution is -0.255. The number of carboxylic acids is 1. The van der Waals surface area contributed by atoms with Gasteiger partial charge in [0.25, 0.3) is 0 Å². The zero-order valence-electron chi connectivity index (χ0n) is 8.61. The second kappa shape index (κ2) is 4.78. The van der Waals surface area contributed by atoms with E-state index in [4.69, 9.17) is 23.2 Å². The van der Waals surface area contributed by atoms with Crippen LogP contribution >= 0.6 is 23.2 Å². The highest BCUT2D eigenvalue weighted by Crippen LogP contribution is 2.28. The Morgan fingerprint density at radius 3 is 2.00 bits per heavy atom. The van der Waals surface area contributed by atoms with E-state index in [0.29, 0.717) is 10.0 Å². The number of carbonyl (C=O) groups is 1. The third-order valence-corrected chi connectivity index (χ3v) is 3.11. The maximum Gasteiger partial charge on any atom is 0.0715 e. The smallest absolute Gasteiger partial charge is 0.0715 e. The lowest BCUT2D eigenvalue weighted by atomic mass is 10.0. The average Bonchev–Trinajstić information content (AvgIpc) is 2.33. The maximum atomic E-state index is 10.6. The first-order valence-electron chi connectivity index (χ1n) is 4.85. The molecule has 2 aromatic carbocycles. The van der Waals surface area contributed by atoms with Crippen molar-refractivity contribution in [3.8, 4) is 11.1 Å². The predicted molar refractivity (Wildman–Crippen MR) is 66.2 cm³/mol. The van der Waals surface area contributed by atoms with Crippen LogP contribution in [-0.2, 0) is 0 Å². The monoisotopic (exact) mass is 265 g/mol. The number of hydrogen-bond donors (Lipinski definition) is 0. The first-order valence-corrected chi connectivity index (χ1v) is 5.60. The molecule has 4 heteroatoms. The van der Waals surface area contributed by atoms with Crippen LogP contribution in [-0.4, -0.2) is 5.97 Å². The zero-order chi connectivity index (χ0) is 12.4. The lowest BCUT2D eigenvalue weighted by Gasteiger charge is -2.06. The van der Waals surface area contributed by atoms with Crippen molar-refractivity contribution in [3.63, 3.8) is 0 Å². The van der Waals surface area contributed by atoms with E-state index in [0.717, 1.165) is 11.1 Å². The predicted octanol–water partition coefficient (Wildman–Crippen LogP) is 3.02. The van der Waals surface area contributed by atoms with Crippen LogP contribution in [0.2, 0.25) is 10.0 Å². The summed E-state index contributed by atoms with van der Waals surface area (Å²) in [5.74, 6) is -1.19. The van der Waals surface area contributed by atoms with Crippen molar-refractivity contribution in [3.05, 3.63) is 58.1 Å². The number of carbonyl (C=O) groups excluding carboxylic acids is 1. The van der Waals surface area contributed by atoms with Gasteiger partial charge in [-0.2, -0.15) is 0 Å². The molecule has 0 saturated heterocycles. The summed E-state index contributed by atoms with van der Waals surface area (Å²) in [5.41, 5.74) is 1.90. The van der Waals surface area contributed by atoms with Gasteiger partial charge < -0.3 is 9.90 Å². The summed E-state index contributed by atoms with van der Waals surface area (Å²) < 4.78 is 0. The molecule has 0 bridgehead atoms. The second-order valence-corrected chi connectivity index (χ2v) is 4.31. The van der Waals surface area contributed by atoms with Crippen molar-refractivity contribution in [2.45, 2.75) is 0 Å². The van der Waals surface area contributed by atoms with Gasteiger partial charge >= 0.3 is 0 Å². The molecule has 2 rings (SSSR count). The SMILES string of the molecule is O=C([O-])c1ccc(-c2ccc(Cl)c(Cl)c2)cc1. The molecule has 0 atom stereocenters. The normalized spacial score (nSPS) is 10.2. The van der Waals surface area contributed by atoms with Crippen LogP contribution < -0.4 is 5.11 Å². The standard InChI is InChI=1S/C13H8Cl2O2/c14-11-6-5-10(7-12(11)15)8-1-3-9(4-2-8)13(16)17/h1-7H,(H,16,17)/p-1. The molecule has 2 nitrogen and oxygen atoms in total. The minimum Gasteiger partial charge on any atom is -0.545 e. The zero-order valence-corrected chi connectivity index (χ0v) is 10.1. The third kappa shape index (κ3) is 2.60. The van der Waals surface area contributed by atoms with E-state index < -0.39 is 5.97 Å². The van der Waals surface area contributed by atoms with Crippen molar-refractivity contribution in [1.29, 1.82) is 0 Å². The summed E-state index contributed by atoms with van der Waals surface area (Å²) in [6, 6.07) is 11.6. The summed E-state index contributed by atoms with van der Waals surface area (Å²) in [4.78, 5) is 10.6. The van der Waals surface area contributed by atoms with Crippen LogP contribution in [0.1, 0.15) is 10.4 Å². The van der Waals surface area contributed by atoms with Gasteiger partial charge in [-0.15, -0.1) is 0 Å². The van der Waals surface area contributed by atoms with Gasteiger partial charge in [0.15, 0.2) is 0 Å². The van der Waals surface area contributed by atoms with E-state index in [1.807, 2.05) is 6.07 Å². The Morgan fingerprint density at radius 1 is 0.882 bits per heavy atom. The van der Waals surface area contributed by atoms with E-state index in [1.54, 1.807) is 24.3 Å². The number of hydrogen-bond acceptors (Lipinski definition) is 2. The molecule has 0 heterocycles. The second-order valence-electron chi connectivity index (χ2n) is 3.49. The molecule has 0 amide bonds. The fourth-order valence-electron chi connectivity index (χ4n) is 1.47. The summed E-state index contributed by atoms with van der Waals surface area (Å²) in [6.07, 6.45) is 0. The number of rotatable bonds is 2. The number of benzene rings is 2. The Bertz CT molecular complexity index is 562. The van der Waals surface area contributed by atoms with Gasteiger partial charge in [-0.1, -0.05) is 53.5 Å². The highest BCUT2D eigenvalue weighted by atomic mass is 35.5. The Labute approximate surface area is 108 Å². The van der Waals surface area contributed by atoms with Gasteiger partial charge in [0.05, 0.1) is 16.0 Å². The van der Waals surface area contributed by atoms with Crippen LogP contribution in [0.25, 0.3) is 11.1 Å². The fraction of sp³-hybridized carbons (Fsp3) is 0. The van der Waals surface area contributed by atoms with Crippen LogP contribution in [0.3, 0.4) is 0 Å². The molecule has 0 fully saturated rings. The molecule has 2 aromatic rings. The Hall–Kier alpha value is -1.51. The molecule has 0 unspecified atom stereocenters. The first kappa shape index (κ1) is 12.0. The van der Waals surface area contributed by atoms with E-state index in [1.165, 1.54) is 12.1 Å². The number of halogens is 2. The number of aromatic carboxylic acids is 1. The molecule has 0 aliphatic carbocycles. The van der Waals surface area contributed by atoms with Crippen molar-refractivity contribution in [2.75, 3.05) is 0 Å². The Morgan fingerprint density at radius 2 is 1.47 bits per heavy atom. The quantitative estimate of drug-likeness (QED) is 0.838. The van der Waals surface area contributed by atoms with Crippen molar-refractivity contribution in [1.82, 2.24) is 0 Å². The molecule has 0 aliphatic heterocycles. The first-order chi connectivity index (χ1) is 8.08. The summed E-state index contributed by atoms with van der Waals surface area (Å²) in [5, 5.41) is 11.6. The van der Waals surface area contributed by atoms with E-state index in [9.17, 15) is 9.90 Å². The third-order valence-electron chi connectivity index (χ3n) is 2.37. The van der Waals surface area contributed by atoms with Crippen LogP contribution in [0.15, 0.2) is 42.5 Å². The van der Waals surface area contributed by atoms with E-state index in [-0.39, 0.29) is 5.56 Å². The van der Waals surface area contributed by atoms with Gasteiger partial charge in [0.2, 0.25) is 0 Å². The van der Waals surface area contributed by atoms with Crippen LogP contribution in [0.4, 0.5) is 0 Å². The van der Waals surface area contributed by atoms with Crippen molar-refractivity contribution < 1.29 is 9.90 Å². The number of carboxylic acid groups (broad SMARTS) is 1. The van der Waals surface area contributed by atoms with E-state index >= 15 is 0 Å². The molecular weight excluding hydrogens is 259 g/mol. The van der Waals surface area contributed by atoms with Crippen molar-refractivity contribution in [2.24, 2.45) is 0 Å². The highest BCUT2D eigenvalue weighted by molar-refractivity contribution is 6.42. The molecule has 0 aliphatic rings. The molecule has 0 aromatic heterocycles. The summed E-state index contributed by atoms with van der Waals surface area (Å²) in [7, 11) is 0. The summed E-state index contributed by atoms with van der Waals surface area (Å²) in [6.45, 7) is 0. The largest absolute Gasteiger partial charge is 0.545 e. The highest BCUT2D eigenvalue weighted by Gasteiger charge is 2.02. The topological polar surface area (TPSA) is 40.1 Å². The van der Waals surface area contributed by atoms with Gasteiger partial charge in [0.1, 0.15) is 0 Å². The maximum absolute atomic E-state index is 10.6. The van der Waals surface area contributed by atoms with Gasteiger partial charge in [0, 0.05) is 0 Å². The fourth-order valence-corrected chi connectivity index (χ4v) is 1.77. The van der Waals surface area contributed by atoms with Crippen molar-refractivity contribution >= 4 is 29.2 Å². The Balaban J connectivity index is 2.39. The molecule has 0 N–H and O–H groups in total. The van der Waals surface area contributed by atoms with Crippen LogP contribution in [0.5, 0.6) is 0 Å². The molecule has 17 heavy (non-hydrogen) atoms. The van der Waals surface area contributed by atoms with Gasteiger partial charge in [-0.25, -0.2) is 0 Å². The van der Waals surface area contributed by atoms with E-state index in [2.05, 4.69) is 0 Å². The molecule has 86 valence electrons. The minimum absolute atomic E-state index is 0.147. The lowest BCUT2D eigenvalue weighted by Crippen LogP contribution is -2.21. The van der Waals surface area contributed by atoms with Gasteiger partial charge in [-0.05, 0) is 28.8 Å². The van der Waals surface area contributed by atoms with Gasteiger partial charge in [-0.3, -0.25) is 0 Å². The molecule has 0 saturated carbocycles. The molecular formula is C13H7Cl2O2-.